The number of rotatable bonds is 5. The molecule has 1 saturated heterocycles. The van der Waals surface area contributed by atoms with Crippen LogP contribution in [0.2, 0.25) is 0 Å². The summed E-state index contributed by atoms with van der Waals surface area (Å²) >= 11 is 0. The molecule has 5 heteroatoms. The van der Waals surface area contributed by atoms with Gasteiger partial charge in [-0.25, -0.2) is 0 Å². The van der Waals surface area contributed by atoms with Crippen LogP contribution in [0.3, 0.4) is 0 Å². The van der Waals surface area contributed by atoms with Gasteiger partial charge in [-0.3, -0.25) is 9.59 Å². The molecule has 1 aromatic carbocycles. The van der Waals surface area contributed by atoms with Gasteiger partial charge in [0.1, 0.15) is 5.41 Å². The molecule has 1 unspecified atom stereocenters. The first kappa shape index (κ1) is 17.9. The molecule has 0 bridgehead atoms. The summed E-state index contributed by atoms with van der Waals surface area (Å²) in [5, 5.41) is 5.80. The number of hydrogen-bond donors (Lipinski definition) is 2. The van der Waals surface area contributed by atoms with Gasteiger partial charge < -0.3 is 15.4 Å². The van der Waals surface area contributed by atoms with Crippen molar-refractivity contribution in [2.24, 2.45) is 5.41 Å². The average molecular weight is 344 g/mol. The molecule has 1 atom stereocenters. The van der Waals surface area contributed by atoms with Crippen molar-refractivity contribution in [2.45, 2.75) is 58.0 Å². The van der Waals surface area contributed by atoms with Gasteiger partial charge in [0.25, 0.3) is 0 Å². The first-order chi connectivity index (χ1) is 11.8. The third-order valence-corrected chi connectivity index (χ3v) is 5.14. The van der Waals surface area contributed by atoms with E-state index in [0.29, 0.717) is 19.4 Å². The zero-order chi connectivity index (χ0) is 18.1. The molecule has 1 aliphatic carbocycles. The second-order valence-corrected chi connectivity index (χ2v) is 8.21. The van der Waals surface area contributed by atoms with Crippen molar-refractivity contribution in [3.8, 4) is 0 Å². The molecule has 136 valence electrons. The molecular formula is C20H28N2O3. The normalized spacial score (nSPS) is 21.6. The Morgan fingerprint density at radius 3 is 2.36 bits per heavy atom. The fourth-order valence-corrected chi connectivity index (χ4v) is 3.17. The molecule has 0 radical (unpaired) electrons. The predicted octanol–water partition coefficient (Wildman–Crippen LogP) is 3.00. The van der Waals surface area contributed by atoms with Gasteiger partial charge in [0.15, 0.2) is 0 Å². The minimum Gasteiger partial charge on any atom is -0.376 e. The first-order valence-electron chi connectivity index (χ1n) is 9.13. The van der Waals surface area contributed by atoms with Crippen molar-refractivity contribution in [2.75, 3.05) is 18.5 Å². The lowest BCUT2D eigenvalue weighted by atomic mass is 9.87. The lowest BCUT2D eigenvalue weighted by Crippen LogP contribution is -2.42. The summed E-state index contributed by atoms with van der Waals surface area (Å²) in [7, 11) is 0. The molecule has 2 amide bonds. The summed E-state index contributed by atoms with van der Waals surface area (Å²) in [4.78, 5) is 25.1. The topological polar surface area (TPSA) is 67.4 Å². The van der Waals surface area contributed by atoms with Gasteiger partial charge in [-0.15, -0.1) is 0 Å². The lowest BCUT2D eigenvalue weighted by Gasteiger charge is -2.20. The van der Waals surface area contributed by atoms with Gasteiger partial charge in [0.05, 0.1) is 6.10 Å². The minimum atomic E-state index is -0.901. The van der Waals surface area contributed by atoms with Crippen LogP contribution in [0, 0.1) is 5.41 Å². The summed E-state index contributed by atoms with van der Waals surface area (Å²) < 4.78 is 5.52. The van der Waals surface area contributed by atoms with Crippen LogP contribution in [-0.4, -0.2) is 31.1 Å². The third kappa shape index (κ3) is 4.03. The zero-order valence-electron chi connectivity index (χ0n) is 15.4. The average Bonchev–Trinajstić information content (AvgIpc) is 3.22. The quantitative estimate of drug-likeness (QED) is 0.807. The Hall–Kier alpha value is -1.88. The molecule has 5 nitrogen and oxygen atoms in total. The summed E-state index contributed by atoms with van der Waals surface area (Å²) in [6.45, 7) is 7.71. The maximum atomic E-state index is 12.6. The van der Waals surface area contributed by atoms with Gasteiger partial charge >= 0.3 is 0 Å². The van der Waals surface area contributed by atoms with Crippen LogP contribution in [0.1, 0.15) is 52.0 Å². The Bertz CT molecular complexity index is 636. The van der Waals surface area contributed by atoms with Gasteiger partial charge in [-0.2, -0.15) is 0 Å². The van der Waals surface area contributed by atoms with Crippen molar-refractivity contribution in [1.82, 2.24) is 5.32 Å². The fourth-order valence-electron chi connectivity index (χ4n) is 3.17. The van der Waals surface area contributed by atoms with E-state index in [1.165, 1.54) is 5.56 Å². The van der Waals surface area contributed by atoms with E-state index < -0.39 is 5.41 Å². The van der Waals surface area contributed by atoms with Gasteiger partial charge in [-0.05, 0) is 48.8 Å². The highest BCUT2D eigenvalue weighted by molar-refractivity contribution is 6.13. The van der Waals surface area contributed by atoms with Crippen LogP contribution in [0.4, 0.5) is 5.69 Å². The molecule has 3 rings (SSSR count). The molecule has 2 aliphatic rings. The molecule has 25 heavy (non-hydrogen) atoms. The van der Waals surface area contributed by atoms with E-state index in [9.17, 15) is 9.59 Å². The number of carbonyl (C=O) groups excluding carboxylic acids is 2. The highest BCUT2D eigenvalue weighted by Crippen LogP contribution is 2.47. The van der Waals surface area contributed by atoms with E-state index >= 15 is 0 Å². The standard InChI is InChI=1S/C20H28N2O3/c1-19(2,3)14-6-8-15(9-7-14)22-18(24)20(10-11-20)17(23)21-13-16-5-4-12-25-16/h6-9,16H,4-5,10-13H2,1-3H3,(H,21,23)(H,22,24). The first-order valence-corrected chi connectivity index (χ1v) is 9.13. The number of carbonyl (C=O) groups is 2. The second-order valence-electron chi connectivity index (χ2n) is 8.21. The van der Waals surface area contributed by atoms with Crippen LogP contribution in [0.25, 0.3) is 0 Å². The van der Waals surface area contributed by atoms with Gasteiger partial charge in [-0.1, -0.05) is 32.9 Å². The molecule has 1 saturated carbocycles. The smallest absolute Gasteiger partial charge is 0.240 e. The predicted molar refractivity (Wildman–Crippen MR) is 97.4 cm³/mol. The Labute approximate surface area is 149 Å². The number of ether oxygens (including phenoxy) is 1. The van der Waals surface area contributed by atoms with E-state index in [0.717, 1.165) is 25.1 Å². The summed E-state index contributed by atoms with van der Waals surface area (Å²) in [6.07, 6.45) is 3.32. The van der Waals surface area contributed by atoms with Crippen LogP contribution >= 0.6 is 0 Å². The maximum absolute atomic E-state index is 12.6. The maximum Gasteiger partial charge on any atom is 0.240 e. The number of hydrogen-bond acceptors (Lipinski definition) is 3. The van der Waals surface area contributed by atoms with Crippen molar-refractivity contribution < 1.29 is 14.3 Å². The molecule has 1 aromatic rings. The van der Waals surface area contributed by atoms with Crippen molar-refractivity contribution in [1.29, 1.82) is 0 Å². The van der Waals surface area contributed by atoms with Gasteiger partial charge in [0, 0.05) is 18.8 Å². The highest BCUT2D eigenvalue weighted by atomic mass is 16.5. The zero-order valence-corrected chi connectivity index (χ0v) is 15.4. The number of nitrogens with one attached hydrogen (secondary N) is 2. The van der Waals surface area contributed by atoms with E-state index in [-0.39, 0.29) is 23.3 Å². The minimum absolute atomic E-state index is 0.0719. The van der Waals surface area contributed by atoms with Crippen molar-refractivity contribution in [3.63, 3.8) is 0 Å². The summed E-state index contributed by atoms with van der Waals surface area (Å²) in [5.74, 6) is -0.382. The number of amides is 2. The molecular weight excluding hydrogens is 316 g/mol. The molecule has 1 aliphatic heterocycles. The monoisotopic (exact) mass is 344 g/mol. The lowest BCUT2D eigenvalue weighted by molar-refractivity contribution is -0.134. The van der Waals surface area contributed by atoms with E-state index in [1.54, 1.807) is 0 Å². The Morgan fingerprint density at radius 1 is 1.16 bits per heavy atom. The largest absolute Gasteiger partial charge is 0.376 e. The molecule has 1 heterocycles. The summed E-state index contributed by atoms with van der Waals surface area (Å²) in [5.41, 5.74) is 1.11. The highest BCUT2D eigenvalue weighted by Gasteiger charge is 2.56. The molecule has 0 spiro atoms. The molecule has 2 N–H and O–H groups in total. The number of anilines is 1. The Balaban J connectivity index is 1.57. The van der Waals surface area contributed by atoms with Crippen molar-refractivity contribution >= 4 is 17.5 Å². The van der Waals surface area contributed by atoms with E-state index in [1.807, 2.05) is 24.3 Å². The van der Waals surface area contributed by atoms with Gasteiger partial charge in [0.2, 0.25) is 11.8 Å². The SMILES string of the molecule is CC(C)(C)c1ccc(NC(=O)C2(C(=O)NCC3CCCO3)CC2)cc1. The van der Waals surface area contributed by atoms with E-state index in [4.69, 9.17) is 4.74 Å². The molecule has 0 aromatic heterocycles. The second kappa shape index (κ2) is 6.79. The fraction of sp³-hybridized carbons (Fsp3) is 0.600. The van der Waals surface area contributed by atoms with Crippen LogP contribution in [-0.2, 0) is 19.7 Å². The number of benzene rings is 1. The molecule has 2 fully saturated rings. The summed E-state index contributed by atoms with van der Waals surface area (Å²) in [6, 6.07) is 7.84. The Kier molecular flexibility index (Phi) is 4.87. The third-order valence-electron chi connectivity index (χ3n) is 5.14. The van der Waals surface area contributed by atoms with Crippen LogP contribution in [0.5, 0.6) is 0 Å². The van der Waals surface area contributed by atoms with Crippen molar-refractivity contribution in [3.05, 3.63) is 29.8 Å². The van der Waals surface area contributed by atoms with Crippen LogP contribution in [0.15, 0.2) is 24.3 Å². The Morgan fingerprint density at radius 2 is 1.84 bits per heavy atom. The van der Waals surface area contributed by atoms with Crippen LogP contribution < -0.4 is 10.6 Å². The van der Waals surface area contributed by atoms with E-state index in [2.05, 4.69) is 31.4 Å².